The van der Waals surface area contributed by atoms with Gasteiger partial charge in [0.1, 0.15) is 12.6 Å². The normalized spacial score (nSPS) is 11.2. The van der Waals surface area contributed by atoms with Crippen LogP contribution in [0.2, 0.25) is 5.02 Å². The quantitative estimate of drug-likeness (QED) is 0.888. The lowest BCUT2D eigenvalue weighted by molar-refractivity contribution is -0.137. The monoisotopic (exact) mass is 288 g/mol. The highest BCUT2D eigenvalue weighted by molar-refractivity contribution is 7.89. The van der Waals surface area contributed by atoms with Gasteiger partial charge in [0.05, 0.1) is 15.5 Å². The van der Waals surface area contributed by atoms with E-state index in [1.54, 1.807) is 6.07 Å². The summed E-state index contributed by atoms with van der Waals surface area (Å²) in [6, 6.07) is 5.39. The number of benzene rings is 1. The number of carboxylic acids is 1. The molecular formula is C10H9ClN2O4S. The molecule has 0 atom stereocenters. The zero-order chi connectivity index (χ0) is 13.9. The second-order valence-corrected chi connectivity index (χ2v) is 5.86. The van der Waals surface area contributed by atoms with Crippen LogP contribution in [0.1, 0.15) is 5.56 Å². The summed E-state index contributed by atoms with van der Waals surface area (Å²) in [6.07, 6.45) is 0. The van der Waals surface area contributed by atoms with Crippen LogP contribution in [0.5, 0.6) is 0 Å². The summed E-state index contributed by atoms with van der Waals surface area (Å²) in [5.41, 5.74) is 0.150. The number of sulfonamides is 1. The Morgan fingerprint density at radius 1 is 1.56 bits per heavy atom. The van der Waals surface area contributed by atoms with Crippen LogP contribution in [0.15, 0.2) is 23.1 Å². The average Bonchev–Trinajstić information content (AvgIpc) is 2.27. The Morgan fingerprint density at radius 3 is 2.61 bits per heavy atom. The lowest BCUT2D eigenvalue weighted by Crippen LogP contribution is -2.32. The number of nitriles is 1. The summed E-state index contributed by atoms with van der Waals surface area (Å²) in [5, 5.41) is 17.2. The van der Waals surface area contributed by atoms with Crippen molar-refractivity contribution in [3.05, 3.63) is 28.8 Å². The molecule has 0 amide bonds. The number of hydrogen-bond acceptors (Lipinski definition) is 4. The van der Waals surface area contributed by atoms with Crippen LogP contribution < -0.4 is 0 Å². The lowest BCUT2D eigenvalue weighted by atomic mass is 10.2. The molecule has 0 spiro atoms. The van der Waals surface area contributed by atoms with Crippen molar-refractivity contribution < 1.29 is 18.3 Å². The average molecular weight is 289 g/mol. The molecule has 1 aromatic carbocycles. The molecule has 0 fully saturated rings. The van der Waals surface area contributed by atoms with E-state index in [0.717, 1.165) is 13.1 Å². The molecule has 0 unspecified atom stereocenters. The first-order chi connectivity index (χ1) is 8.28. The van der Waals surface area contributed by atoms with Crippen LogP contribution in [-0.4, -0.2) is 37.4 Å². The molecule has 1 N–H and O–H groups in total. The molecule has 18 heavy (non-hydrogen) atoms. The SMILES string of the molecule is CN(CC(=O)O)S(=O)(=O)c1ccc(C#N)c(Cl)c1. The number of rotatable bonds is 4. The predicted octanol–water partition coefficient (Wildman–Crippen LogP) is 0.917. The Balaban J connectivity index is 3.18. The van der Waals surface area contributed by atoms with Crippen LogP contribution in [0.25, 0.3) is 0 Å². The third kappa shape index (κ3) is 2.98. The van der Waals surface area contributed by atoms with Crippen LogP contribution in [-0.2, 0) is 14.8 Å². The van der Waals surface area contributed by atoms with Crippen LogP contribution in [0, 0.1) is 11.3 Å². The van der Waals surface area contributed by atoms with Crippen molar-refractivity contribution in [2.24, 2.45) is 0 Å². The second kappa shape index (κ2) is 5.35. The van der Waals surface area contributed by atoms with Crippen molar-refractivity contribution >= 4 is 27.6 Å². The van der Waals surface area contributed by atoms with Crippen molar-refractivity contribution in [1.82, 2.24) is 4.31 Å². The van der Waals surface area contributed by atoms with Crippen molar-refractivity contribution in [2.75, 3.05) is 13.6 Å². The molecule has 1 aromatic rings. The van der Waals surface area contributed by atoms with Crippen molar-refractivity contribution in [3.63, 3.8) is 0 Å². The van der Waals surface area contributed by atoms with E-state index in [9.17, 15) is 13.2 Å². The molecule has 0 saturated carbocycles. The molecule has 0 heterocycles. The molecule has 0 bridgehead atoms. The number of carbonyl (C=O) groups is 1. The summed E-state index contributed by atoms with van der Waals surface area (Å²) >= 11 is 5.72. The van der Waals surface area contributed by atoms with E-state index in [2.05, 4.69) is 0 Å². The first-order valence-corrected chi connectivity index (χ1v) is 6.48. The Morgan fingerprint density at radius 2 is 2.17 bits per heavy atom. The zero-order valence-electron chi connectivity index (χ0n) is 9.29. The van der Waals surface area contributed by atoms with Gasteiger partial charge in [-0.25, -0.2) is 8.42 Å². The van der Waals surface area contributed by atoms with Gasteiger partial charge in [-0.3, -0.25) is 4.79 Å². The number of halogens is 1. The minimum atomic E-state index is -3.92. The third-order valence-electron chi connectivity index (χ3n) is 2.13. The van der Waals surface area contributed by atoms with E-state index in [4.69, 9.17) is 22.0 Å². The van der Waals surface area contributed by atoms with Gasteiger partial charge in [0.2, 0.25) is 10.0 Å². The van der Waals surface area contributed by atoms with Gasteiger partial charge in [-0.1, -0.05) is 11.6 Å². The maximum Gasteiger partial charge on any atom is 0.318 e. The standard InChI is InChI=1S/C10H9ClN2O4S/c1-13(6-10(14)15)18(16,17)8-3-2-7(5-12)9(11)4-8/h2-4H,6H2,1H3,(H,14,15). The lowest BCUT2D eigenvalue weighted by Gasteiger charge is -2.15. The molecule has 8 heteroatoms. The Bertz CT molecular complexity index is 621. The fourth-order valence-corrected chi connectivity index (χ4v) is 2.64. The fourth-order valence-electron chi connectivity index (χ4n) is 1.20. The molecule has 6 nitrogen and oxygen atoms in total. The molecular weight excluding hydrogens is 280 g/mol. The van der Waals surface area contributed by atoms with Gasteiger partial charge in [-0.15, -0.1) is 0 Å². The summed E-state index contributed by atoms with van der Waals surface area (Å²) in [5.74, 6) is -1.26. The molecule has 0 aliphatic heterocycles. The van der Waals surface area contributed by atoms with Crippen molar-refractivity contribution in [1.29, 1.82) is 5.26 Å². The van der Waals surface area contributed by atoms with Gasteiger partial charge in [-0.05, 0) is 18.2 Å². The summed E-state index contributed by atoms with van der Waals surface area (Å²) in [4.78, 5) is 10.3. The predicted molar refractivity (Wildman–Crippen MR) is 63.6 cm³/mol. The maximum absolute atomic E-state index is 11.9. The minimum absolute atomic E-state index is 0.00213. The smallest absolute Gasteiger partial charge is 0.318 e. The molecule has 1 rings (SSSR count). The highest BCUT2D eigenvalue weighted by atomic mass is 35.5. The van der Waals surface area contributed by atoms with E-state index < -0.39 is 22.5 Å². The summed E-state index contributed by atoms with van der Waals surface area (Å²) in [6.45, 7) is -0.653. The van der Waals surface area contributed by atoms with E-state index in [1.165, 1.54) is 12.1 Å². The highest BCUT2D eigenvalue weighted by Crippen LogP contribution is 2.22. The molecule has 0 radical (unpaired) electrons. The van der Waals surface area contributed by atoms with Crippen LogP contribution in [0.4, 0.5) is 0 Å². The molecule has 0 aliphatic rings. The number of likely N-dealkylation sites (N-methyl/N-ethyl adjacent to an activating group) is 1. The van der Waals surface area contributed by atoms with Gasteiger partial charge in [0.25, 0.3) is 0 Å². The third-order valence-corrected chi connectivity index (χ3v) is 4.24. The van der Waals surface area contributed by atoms with Gasteiger partial charge < -0.3 is 5.11 Å². The van der Waals surface area contributed by atoms with E-state index in [1.807, 2.05) is 0 Å². The van der Waals surface area contributed by atoms with Gasteiger partial charge in [-0.2, -0.15) is 9.57 Å². The van der Waals surface area contributed by atoms with Crippen molar-refractivity contribution in [3.8, 4) is 6.07 Å². The number of hydrogen-bond donors (Lipinski definition) is 1. The van der Waals surface area contributed by atoms with Gasteiger partial charge >= 0.3 is 5.97 Å². The first kappa shape index (κ1) is 14.4. The Kier molecular flexibility index (Phi) is 4.29. The van der Waals surface area contributed by atoms with Gasteiger partial charge in [0.15, 0.2) is 0 Å². The van der Waals surface area contributed by atoms with Crippen molar-refractivity contribution in [2.45, 2.75) is 4.90 Å². The molecule has 96 valence electrons. The maximum atomic E-state index is 11.9. The number of aliphatic carboxylic acids is 1. The Labute approximate surface area is 109 Å². The van der Waals surface area contributed by atoms with E-state index >= 15 is 0 Å². The highest BCUT2D eigenvalue weighted by Gasteiger charge is 2.23. The number of carboxylic acid groups (broad SMARTS) is 1. The first-order valence-electron chi connectivity index (χ1n) is 4.67. The van der Waals surface area contributed by atoms with Crippen LogP contribution >= 0.6 is 11.6 Å². The van der Waals surface area contributed by atoms with E-state index in [0.29, 0.717) is 4.31 Å². The molecule has 0 saturated heterocycles. The molecule has 0 aromatic heterocycles. The molecule has 0 aliphatic carbocycles. The largest absolute Gasteiger partial charge is 0.480 e. The number of nitrogens with zero attached hydrogens (tertiary/aromatic N) is 2. The minimum Gasteiger partial charge on any atom is -0.480 e. The van der Waals surface area contributed by atoms with E-state index in [-0.39, 0.29) is 15.5 Å². The summed E-state index contributed by atoms with van der Waals surface area (Å²) < 4.78 is 24.6. The summed E-state index contributed by atoms with van der Waals surface area (Å²) in [7, 11) is -2.77. The van der Waals surface area contributed by atoms with Gasteiger partial charge in [0, 0.05) is 7.05 Å². The topological polar surface area (TPSA) is 98.5 Å². The fraction of sp³-hybridized carbons (Fsp3) is 0.200. The second-order valence-electron chi connectivity index (χ2n) is 3.41. The van der Waals surface area contributed by atoms with Crippen LogP contribution in [0.3, 0.4) is 0 Å². The Hall–Kier alpha value is -1.62. The zero-order valence-corrected chi connectivity index (χ0v) is 10.9.